The Bertz CT molecular complexity index is 1370. The van der Waals surface area contributed by atoms with E-state index in [9.17, 15) is 4.79 Å². The Kier molecular flexibility index (Phi) is 5.21. The van der Waals surface area contributed by atoms with Crippen LogP contribution in [0.1, 0.15) is 27.2 Å². The van der Waals surface area contributed by atoms with Crippen molar-refractivity contribution in [3.63, 3.8) is 0 Å². The van der Waals surface area contributed by atoms with Gasteiger partial charge in [-0.25, -0.2) is 4.98 Å². The molecule has 0 fully saturated rings. The third-order valence-electron chi connectivity index (χ3n) is 5.38. The van der Waals surface area contributed by atoms with Gasteiger partial charge in [0.15, 0.2) is 0 Å². The lowest BCUT2D eigenvalue weighted by Gasteiger charge is -2.12. The van der Waals surface area contributed by atoms with Crippen LogP contribution in [0, 0.1) is 6.92 Å². The van der Waals surface area contributed by atoms with E-state index < -0.39 is 0 Å². The minimum absolute atomic E-state index is 0.199. The molecule has 32 heavy (non-hydrogen) atoms. The Labute approximate surface area is 184 Å². The summed E-state index contributed by atoms with van der Waals surface area (Å²) in [5.41, 5.74) is 5.19. The fraction of sp³-hybridized carbons (Fsp3) is 0.120. The maximum Gasteiger partial charge on any atom is 0.259 e. The zero-order valence-corrected chi connectivity index (χ0v) is 17.5. The number of rotatable bonds is 6. The Morgan fingerprint density at radius 2 is 1.81 bits per heavy atom. The maximum absolute atomic E-state index is 13.3. The summed E-state index contributed by atoms with van der Waals surface area (Å²) >= 11 is 0. The molecule has 158 valence electrons. The summed E-state index contributed by atoms with van der Waals surface area (Å²) in [6.45, 7) is 2.85. The van der Waals surface area contributed by atoms with Crippen LogP contribution < -0.4 is 5.32 Å². The normalized spacial score (nSPS) is 11.0. The van der Waals surface area contributed by atoms with E-state index >= 15 is 0 Å². The Morgan fingerprint density at radius 1 is 1.03 bits per heavy atom. The van der Waals surface area contributed by atoms with Gasteiger partial charge in [-0.05, 0) is 30.2 Å². The van der Waals surface area contributed by atoms with Crippen molar-refractivity contribution in [3.8, 4) is 11.3 Å². The molecule has 0 aliphatic rings. The smallest absolute Gasteiger partial charge is 0.259 e. The summed E-state index contributed by atoms with van der Waals surface area (Å²) in [4.78, 5) is 17.8. The van der Waals surface area contributed by atoms with Gasteiger partial charge in [0.25, 0.3) is 11.6 Å². The van der Waals surface area contributed by atoms with Gasteiger partial charge in [-0.1, -0.05) is 59.8 Å². The van der Waals surface area contributed by atoms with Crippen molar-refractivity contribution in [1.29, 1.82) is 0 Å². The number of carbonyl (C=O) groups is 1. The van der Waals surface area contributed by atoms with Crippen LogP contribution in [-0.2, 0) is 13.1 Å². The summed E-state index contributed by atoms with van der Waals surface area (Å²) in [6, 6.07) is 21.4. The topological polar surface area (TPSA) is 85.8 Å². The van der Waals surface area contributed by atoms with Gasteiger partial charge >= 0.3 is 0 Å². The van der Waals surface area contributed by atoms with Crippen molar-refractivity contribution >= 4 is 17.0 Å². The average Bonchev–Trinajstić information content (AvgIpc) is 3.48. The van der Waals surface area contributed by atoms with E-state index in [4.69, 9.17) is 4.52 Å². The second kappa shape index (κ2) is 8.47. The fourth-order valence-corrected chi connectivity index (χ4v) is 3.75. The van der Waals surface area contributed by atoms with E-state index in [1.165, 1.54) is 0 Å². The zero-order valence-electron chi connectivity index (χ0n) is 17.5. The number of aromatic nitrogens is 4. The average molecular weight is 423 g/mol. The number of pyridine rings is 1. The van der Waals surface area contributed by atoms with Gasteiger partial charge < -0.3 is 9.84 Å². The largest absolute Gasteiger partial charge is 0.348 e. The molecule has 0 saturated heterocycles. The van der Waals surface area contributed by atoms with Crippen LogP contribution in [-0.4, -0.2) is 25.8 Å². The van der Waals surface area contributed by atoms with Crippen LogP contribution >= 0.6 is 0 Å². The maximum atomic E-state index is 13.3. The Balaban J connectivity index is 1.44. The third kappa shape index (κ3) is 3.88. The summed E-state index contributed by atoms with van der Waals surface area (Å²) in [7, 11) is 0. The molecule has 0 radical (unpaired) electrons. The second-order valence-corrected chi connectivity index (χ2v) is 7.52. The van der Waals surface area contributed by atoms with Crippen molar-refractivity contribution < 1.29 is 9.32 Å². The van der Waals surface area contributed by atoms with Gasteiger partial charge in [-0.3, -0.25) is 9.48 Å². The lowest BCUT2D eigenvalue weighted by Crippen LogP contribution is -2.24. The van der Waals surface area contributed by atoms with Crippen LogP contribution in [0.2, 0.25) is 0 Å². The lowest BCUT2D eigenvalue weighted by atomic mass is 10.0. The molecular weight excluding hydrogens is 402 g/mol. The van der Waals surface area contributed by atoms with E-state index in [-0.39, 0.29) is 5.91 Å². The fourth-order valence-electron chi connectivity index (χ4n) is 3.75. The molecule has 0 aliphatic heterocycles. The lowest BCUT2D eigenvalue weighted by molar-refractivity contribution is 0.0952. The van der Waals surface area contributed by atoms with Crippen molar-refractivity contribution in [3.05, 3.63) is 102 Å². The molecule has 7 heteroatoms. The molecule has 7 nitrogen and oxygen atoms in total. The minimum Gasteiger partial charge on any atom is -0.348 e. The number of carbonyl (C=O) groups excluding carboxylic acids is 1. The third-order valence-corrected chi connectivity index (χ3v) is 5.38. The number of hydrogen-bond acceptors (Lipinski definition) is 5. The zero-order chi connectivity index (χ0) is 21.9. The van der Waals surface area contributed by atoms with Gasteiger partial charge in [-0.2, -0.15) is 5.10 Å². The first kappa shape index (κ1) is 19.7. The number of fused-ring (bicyclic) bond motifs is 1. The first-order valence-electron chi connectivity index (χ1n) is 10.3. The molecule has 1 amide bonds. The molecular formula is C25H21N5O2. The van der Waals surface area contributed by atoms with E-state index in [2.05, 4.69) is 20.6 Å². The summed E-state index contributed by atoms with van der Waals surface area (Å²) in [6.07, 6.45) is 3.67. The number of benzene rings is 2. The molecule has 0 atom stereocenters. The highest BCUT2D eigenvalue weighted by Gasteiger charge is 2.19. The quantitative estimate of drug-likeness (QED) is 0.438. The highest BCUT2D eigenvalue weighted by Crippen LogP contribution is 2.27. The first-order valence-corrected chi connectivity index (χ1v) is 10.3. The number of hydrogen-bond donors (Lipinski definition) is 1. The molecule has 2 aromatic carbocycles. The molecule has 5 aromatic rings. The van der Waals surface area contributed by atoms with Crippen molar-refractivity contribution in [2.45, 2.75) is 20.0 Å². The molecule has 1 N–H and O–H groups in total. The van der Waals surface area contributed by atoms with Crippen molar-refractivity contribution in [2.24, 2.45) is 0 Å². The standard InChI is InChI=1S/C25H21N5O2/c1-17-23-21(14-22(28-25(23)32-29-17)18-8-3-2-4-9-18)24(31)26-15-19-10-5-6-11-20(19)16-30-13-7-12-27-30/h2-14H,15-16H2,1H3,(H,26,31). The molecule has 0 unspecified atom stereocenters. The van der Waals surface area contributed by atoms with Crippen LogP contribution in [0.25, 0.3) is 22.4 Å². The number of amides is 1. The molecule has 0 spiro atoms. The van der Waals surface area contributed by atoms with Gasteiger partial charge in [0.1, 0.15) is 0 Å². The van der Waals surface area contributed by atoms with Gasteiger partial charge in [-0.15, -0.1) is 0 Å². The van der Waals surface area contributed by atoms with E-state index in [1.807, 2.05) is 78.5 Å². The number of nitrogens with zero attached hydrogens (tertiary/aromatic N) is 4. The van der Waals surface area contributed by atoms with Crippen molar-refractivity contribution in [2.75, 3.05) is 0 Å². The highest BCUT2D eigenvalue weighted by molar-refractivity contribution is 6.06. The molecule has 0 aliphatic carbocycles. The molecule has 5 rings (SSSR count). The predicted molar refractivity (Wildman–Crippen MR) is 121 cm³/mol. The number of aryl methyl sites for hydroxylation is 1. The summed E-state index contributed by atoms with van der Waals surface area (Å²) in [5.74, 6) is -0.199. The monoisotopic (exact) mass is 423 g/mol. The van der Waals surface area contributed by atoms with E-state index in [0.717, 1.165) is 16.7 Å². The van der Waals surface area contributed by atoms with Crippen LogP contribution in [0.4, 0.5) is 0 Å². The highest BCUT2D eigenvalue weighted by atomic mass is 16.5. The number of nitrogens with one attached hydrogen (secondary N) is 1. The second-order valence-electron chi connectivity index (χ2n) is 7.52. The predicted octanol–water partition coefficient (Wildman–Crippen LogP) is 4.37. The van der Waals surface area contributed by atoms with Gasteiger partial charge in [0.05, 0.1) is 28.9 Å². The van der Waals surface area contributed by atoms with Crippen molar-refractivity contribution in [1.82, 2.24) is 25.2 Å². The molecule has 0 saturated carbocycles. The molecule has 3 heterocycles. The molecule has 0 bridgehead atoms. The Morgan fingerprint density at radius 3 is 2.59 bits per heavy atom. The van der Waals surface area contributed by atoms with Crippen LogP contribution in [0.3, 0.4) is 0 Å². The summed E-state index contributed by atoms with van der Waals surface area (Å²) < 4.78 is 7.25. The van der Waals surface area contributed by atoms with Gasteiger partial charge in [0.2, 0.25) is 0 Å². The Hall–Kier alpha value is -4.26. The van der Waals surface area contributed by atoms with Gasteiger partial charge in [0, 0.05) is 24.5 Å². The summed E-state index contributed by atoms with van der Waals surface area (Å²) in [5, 5.41) is 12.0. The van der Waals surface area contributed by atoms with Crippen LogP contribution in [0.15, 0.2) is 83.6 Å². The van der Waals surface area contributed by atoms with E-state index in [1.54, 1.807) is 12.3 Å². The van der Waals surface area contributed by atoms with E-state index in [0.29, 0.717) is 41.1 Å². The first-order chi connectivity index (χ1) is 15.7. The molecule has 3 aromatic heterocycles. The minimum atomic E-state index is -0.199. The van der Waals surface area contributed by atoms with Crippen LogP contribution in [0.5, 0.6) is 0 Å². The SMILES string of the molecule is Cc1noc2nc(-c3ccccc3)cc(C(=O)NCc3ccccc3Cn3cccn3)c12.